The van der Waals surface area contributed by atoms with Crippen LogP contribution in [0.2, 0.25) is 0 Å². The van der Waals surface area contributed by atoms with Crippen LogP contribution in [0.4, 0.5) is 0 Å². The van der Waals surface area contributed by atoms with E-state index in [9.17, 15) is 9.59 Å². The number of carboxylic acids is 1. The summed E-state index contributed by atoms with van der Waals surface area (Å²) in [5.74, 6) is -1.16. The summed E-state index contributed by atoms with van der Waals surface area (Å²) in [6, 6.07) is 0.122. The molecule has 0 bridgehead atoms. The molecule has 19 heavy (non-hydrogen) atoms. The van der Waals surface area contributed by atoms with Crippen LogP contribution in [0.3, 0.4) is 0 Å². The van der Waals surface area contributed by atoms with E-state index in [4.69, 9.17) is 9.84 Å². The van der Waals surface area contributed by atoms with Gasteiger partial charge in [-0.25, -0.2) is 4.79 Å². The maximum Gasteiger partial charge on any atom is 0.332 e. The van der Waals surface area contributed by atoms with Gasteiger partial charge in [-0.15, -0.1) is 0 Å². The molecule has 3 unspecified atom stereocenters. The first kappa shape index (κ1) is 16.0. The lowest BCUT2D eigenvalue weighted by Gasteiger charge is -2.17. The third-order valence-corrected chi connectivity index (χ3v) is 3.47. The smallest absolute Gasteiger partial charge is 0.332 e. The molecule has 1 amide bonds. The van der Waals surface area contributed by atoms with Crippen molar-refractivity contribution in [1.29, 1.82) is 0 Å². The molecule has 5 nitrogen and oxygen atoms in total. The highest BCUT2D eigenvalue weighted by Gasteiger charge is 2.34. The van der Waals surface area contributed by atoms with E-state index in [2.05, 4.69) is 12.2 Å². The van der Waals surface area contributed by atoms with Crippen molar-refractivity contribution in [2.75, 3.05) is 0 Å². The van der Waals surface area contributed by atoms with Crippen LogP contribution in [-0.2, 0) is 14.3 Å². The predicted molar refractivity (Wildman–Crippen MR) is 71.9 cm³/mol. The lowest BCUT2D eigenvalue weighted by Crippen LogP contribution is -2.40. The molecular formula is C14H25NO4. The van der Waals surface area contributed by atoms with E-state index in [1.807, 2.05) is 6.92 Å². The Kier molecular flexibility index (Phi) is 6.84. The Hall–Kier alpha value is -1.10. The average molecular weight is 271 g/mol. The van der Waals surface area contributed by atoms with Crippen LogP contribution < -0.4 is 5.32 Å². The van der Waals surface area contributed by atoms with Gasteiger partial charge in [0.25, 0.3) is 0 Å². The van der Waals surface area contributed by atoms with Crippen molar-refractivity contribution in [2.45, 2.75) is 77.0 Å². The number of carbonyl (C=O) groups is 2. The number of carbonyl (C=O) groups excluding carboxylic acids is 1. The molecule has 1 aliphatic heterocycles. The Morgan fingerprint density at radius 2 is 1.95 bits per heavy atom. The molecule has 0 saturated carbocycles. The first-order valence-corrected chi connectivity index (χ1v) is 7.23. The molecule has 2 N–H and O–H groups in total. The van der Waals surface area contributed by atoms with Gasteiger partial charge in [-0.1, -0.05) is 32.6 Å². The Morgan fingerprint density at radius 1 is 1.26 bits per heavy atom. The zero-order chi connectivity index (χ0) is 14.3. The zero-order valence-electron chi connectivity index (χ0n) is 11.9. The van der Waals surface area contributed by atoms with Crippen molar-refractivity contribution in [2.24, 2.45) is 0 Å². The van der Waals surface area contributed by atoms with Gasteiger partial charge in [-0.3, -0.25) is 4.79 Å². The SMILES string of the molecule is CCCCCCC(C)NC(=O)C1CCC(C(=O)O)O1. The first-order chi connectivity index (χ1) is 9.04. The molecule has 0 spiro atoms. The summed E-state index contributed by atoms with van der Waals surface area (Å²) in [4.78, 5) is 22.6. The van der Waals surface area contributed by atoms with Crippen molar-refractivity contribution >= 4 is 11.9 Å². The summed E-state index contributed by atoms with van der Waals surface area (Å²) < 4.78 is 5.22. The van der Waals surface area contributed by atoms with Gasteiger partial charge in [0.05, 0.1) is 0 Å². The summed E-state index contributed by atoms with van der Waals surface area (Å²) in [5, 5.41) is 11.7. The van der Waals surface area contributed by atoms with Crippen LogP contribution in [0, 0.1) is 0 Å². The van der Waals surface area contributed by atoms with Crippen LogP contribution in [-0.4, -0.2) is 35.2 Å². The minimum absolute atomic E-state index is 0.122. The zero-order valence-corrected chi connectivity index (χ0v) is 11.9. The van der Waals surface area contributed by atoms with E-state index in [0.717, 1.165) is 12.8 Å². The van der Waals surface area contributed by atoms with Crippen LogP contribution >= 0.6 is 0 Å². The number of ether oxygens (including phenoxy) is 1. The predicted octanol–water partition coefficient (Wildman–Crippen LogP) is 2.09. The fraction of sp³-hybridized carbons (Fsp3) is 0.857. The number of hydrogen-bond donors (Lipinski definition) is 2. The Labute approximate surface area is 114 Å². The van der Waals surface area contributed by atoms with Gasteiger partial charge in [0.1, 0.15) is 6.10 Å². The summed E-state index contributed by atoms with van der Waals surface area (Å²) in [6.45, 7) is 4.15. The maximum atomic E-state index is 11.9. The van der Waals surface area contributed by atoms with Crippen molar-refractivity contribution in [1.82, 2.24) is 5.32 Å². The highest BCUT2D eigenvalue weighted by molar-refractivity contribution is 5.82. The number of amides is 1. The minimum Gasteiger partial charge on any atom is -0.479 e. The fourth-order valence-electron chi connectivity index (χ4n) is 2.30. The molecule has 1 heterocycles. The molecule has 1 saturated heterocycles. The average Bonchev–Trinajstić information content (AvgIpc) is 2.84. The van der Waals surface area contributed by atoms with Crippen molar-refractivity contribution in [3.63, 3.8) is 0 Å². The van der Waals surface area contributed by atoms with Gasteiger partial charge in [0.15, 0.2) is 6.10 Å². The number of unbranched alkanes of at least 4 members (excludes halogenated alkanes) is 3. The van der Waals surface area contributed by atoms with E-state index in [1.54, 1.807) is 0 Å². The fourth-order valence-corrected chi connectivity index (χ4v) is 2.30. The largest absolute Gasteiger partial charge is 0.479 e. The number of hydrogen-bond acceptors (Lipinski definition) is 3. The summed E-state index contributed by atoms with van der Waals surface area (Å²) in [5.41, 5.74) is 0. The molecule has 0 aromatic carbocycles. The highest BCUT2D eigenvalue weighted by atomic mass is 16.5. The minimum atomic E-state index is -0.983. The van der Waals surface area contributed by atoms with E-state index < -0.39 is 18.2 Å². The normalized spacial score (nSPS) is 24.1. The number of rotatable bonds is 8. The molecule has 0 radical (unpaired) electrons. The van der Waals surface area contributed by atoms with Crippen molar-refractivity contribution in [3.8, 4) is 0 Å². The third-order valence-electron chi connectivity index (χ3n) is 3.47. The molecule has 110 valence electrons. The van der Waals surface area contributed by atoms with Gasteiger partial charge in [-0.05, 0) is 26.2 Å². The Bertz CT molecular complexity index is 306. The number of nitrogens with one attached hydrogen (secondary N) is 1. The standard InChI is InChI=1S/C14H25NO4/c1-3-4-5-6-7-10(2)15-13(16)11-8-9-12(19-11)14(17)18/h10-12H,3-9H2,1-2H3,(H,15,16)(H,17,18). The van der Waals surface area contributed by atoms with Crippen LogP contribution in [0.1, 0.15) is 58.8 Å². The van der Waals surface area contributed by atoms with Gasteiger partial charge in [0, 0.05) is 6.04 Å². The second kappa shape index (κ2) is 8.15. The van der Waals surface area contributed by atoms with Crippen LogP contribution in [0.5, 0.6) is 0 Å². The molecule has 1 rings (SSSR count). The third kappa shape index (κ3) is 5.59. The lowest BCUT2D eigenvalue weighted by atomic mass is 10.1. The number of carboxylic acid groups (broad SMARTS) is 1. The summed E-state index contributed by atoms with van der Waals surface area (Å²) in [7, 11) is 0. The Morgan fingerprint density at radius 3 is 2.53 bits per heavy atom. The molecule has 0 aliphatic carbocycles. The molecule has 5 heteroatoms. The van der Waals surface area contributed by atoms with Crippen molar-refractivity contribution < 1.29 is 19.4 Å². The lowest BCUT2D eigenvalue weighted by molar-refractivity contribution is -0.151. The van der Waals surface area contributed by atoms with E-state index in [-0.39, 0.29) is 11.9 Å². The second-order valence-corrected chi connectivity index (χ2v) is 5.29. The topological polar surface area (TPSA) is 75.6 Å². The highest BCUT2D eigenvalue weighted by Crippen LogP contribution is 2.20. The van der Waals surface area contributed by atoms with Crippen molar-refractivity contribution in [3.05, 3.63) is 0 Å². The van der Waals surface area contributed by atoms with E-state index >= 15 is 0 Å². The monoisotopic (exact) mass is 271 g/mol. The summed E-state index contributed by atoms with van der Waals surface area (Å²) in [6.07, 6.45) is 5.18. The maximum absolute atomic E-state index is 11.9. The molecule has 1 aliphatic rings. The van der Waals surface area contributed by atoms with E-state index in [0.29, 0.717) is 12.8 Å². The van der Waals surface area contributed by atoms with Gasteiger partial charge in [0.2, 0.25) is 5.91 Å². The second-order valence-electron chi connectivity index (χ2n) is 5.29. The van der Waals surface area contributed by atoms with Crippen LogP contribution in [0.25, 0.3) is 0 Å². The van der Waals surface area contributed by atoms with Crippen LogP contribution in [0.15, 0.2) is 0 Å². The molecule has 1 fully saturated rings. The summed E-state index contributed by atoms with van der Waals surface area (Å²) >= 11 is 0. The molecular weight excluding hydrogens is 246 g/mol. The molecule has 0 aromatic heterocycles. The van der Waals surface area contributed by atoms with Gasteiger partial charge >= 0.3 is 5.97 Å². The quantitative estimate of drug-likeness (QED) is 0.663. The molecule has 3 atom stereocenters. The van der Waals surface area contributed by atoms with E-state index in [1.165, 1.54) is 19.3 Å². The molecule has 0 aromatic rings. The van der Waals surface area contributed by atoms with Gasteiger partial charge < -0.3 is 15.2 Å². The van der Waals surface area contributed by atoms with Gasteiger partial charge in [-0.2, -0.15) is 0 Å². The number of aliphatic carboxylic acids is 1. The Balaban J connectivity index is 2.21. The first-order valence-electron chi connectivity index (χ1n) is 7.23.